The lowest BCUT2D eigenvalue weighted by atomic mass is 9.97. The molecule has 0 saturated heterocycles. The quantitative estimate of drug-likeness (QED) is 0.643. The molecule has 1 aliphatic rings. The van der Waals surface area contributed by atoms with Crippen molar-refractivity contribution >= 4 is 20.8 Å². The highest BCUT2D eigenvalue weighted by molar-refractivity contribution is 7.89. The molecule has 9 heteroatoms. The van der Waals surface area contributed by atoms with Gasteiger partial charge in [0, 0.05) is 54.6 Å². The largest absolute Gasteiger partial charge is 0.328 e. The molecule has 30 heavy (non-hydrogen) atoms. The van der Waals surface area contributed by atoms with Crippen LogP contribution >= 0.6 is 0 Å². The number of sulfonamides is 1. The minimum Gasteiger partial charge on any atom is -0.297 e. The lowest BCUT2D eigenvalue weighted by molar-refractivity contribution is 0.436. The monoisotopic (exact) mass is 428 g/mol. The Morgan fingerprint density at radius 2 is 1.97 bits per heavy atom. The van der Waals surface area contributed by atoms with Crippen LogP contribution in [0.5, 0.6) is 0 Å². The Morgan fingerprint density at radius 1 is 1.17 bits per heavy atom. The van der Waals surface area contributed by atoms with E-state index in [0.29, 0.717) is 36.8 Å². The topological polar surface area (TPSA) is 105 Å². The molecule has 1 aromatic carbocycles. The summed E-state index contributed by atoms with van der Waals surface area (Å²) < 4.78 is 29.2. The van der Waals surface area contributed by atoms with Crippen molar-refractivity contribution in [3.05, 3.63) is 68.8 Å². The van der Waals surface area contributed by atoms with Gasteiger partial charge in [-0.25, -0.2) is 17.5 Å². The van der Waals surface area contributed by atoms with Gasteiger partial charge in [-0.05, 0) is 44.2 Å². The van der Waals surface area contributed by atoms with Crippen molar-refractivity contribution < 1.29 is 8.42 Å². The Morgan fingerprint density at radius 3 is 2.80 bits per heavy atom. The minimum absolute atomic E-state index is 0.239. The van der Waals surface area contributed by atoms with E-state index in [9.17, 15) is 18.0 Å². The minimum atomic E-state index is -3.69. The number of H-pyrrole nitrogens is 1. The highest BCUT2D eigenvalue weighted by Gasteiger charge is 2.23. The van der Waals surface area contributed by atoms with Crippen LogP contribution in [-0.4, -0.2) is 40.9 Å². The second kappa shape index (κ2) is 8.16. The van der Waals surface area contributed by atoms with Gasteiger partial charge in [-0.3, -0.25) is 19.3 Å². The number of aromatic amines is 1. The molecular formula is C21H24N4O4S. The first-order chi connectivity index (χ1) is 14.4. The average molecular weight is 429 g/mol. The van der Waals surface area contributed by atoms with E-state index in [-0.39, 0.29) is 17.0 Å². The van der Waals surface area contributed by atoms with E-state index < -0.39 is 15.7 Å². The number of nitrogens with one attached hydrogen (secondary N) is 1. The molecule has 0 amide bonds. The van der Waals surface area contributed by atoms with Crippen molar-refractivity contribution in [3.8, 4) is 0 Å². The van der Waals surface area contributed by atoms with Gasteiger partial charge in [0.15, 0.2) is 0 Å². The van der Waals surface area contributed by atoms with Crippen LogP contribution in [0.3, 0.4) is 0 Å². The number of aromatic nitrogens is 3. The van der Waals surface area contributed by atoms with Gasteiger partial charge in [0.05, 0.1) is 4.90 Å². The third-order valence-electron chi connectivity index (χ3n) is 5.69. The predicted molar refractivity (Wildman–Crippen MR) is 114 cm³/mol. The van der Waals surface area contributed by atoms with Gasteiger partial charge < -0.3 is 0 Å². The molecule has 0 radical (unpaired) electrons. The molecule has 4 rings (SSSR count). The number of rotatable bonds is 6. The number of nitrogens with zero attached hydrogens (tertiary/aromatic N) is 3. The lowest BCUT2D eigenvalue weighted by Gasteiger charge is -2.21. The zero-order valence-corrected chi connectivity index (χ0v) is 17.6. The molecule has 2 heterocycles. The zero-order chi connectivity index (χ0) is 21.3. The number of hydrogen-bond donors (Lipinski definition) is 1. The summed E-state index contributed by atoms with van der Waals surface area (Å²) in [5.74, 6) is 0. The van der Waals surface area contributed by atoms with E-state index in [4.69, 9.17) is 0 Å². The molecule has 0 saturated carbocycles. The van der Waals surface area contributed by atoms with Gasteiger partial charge in [-0.1, -0.05) is 12.1 Å². The van der Waals surface area contributed by atoms with Gasteiger partial charge >= 0.3 is 5.69 Å². The molecule has 3 aromatic rings. The van der Waals surface area contributed by atoms with Crippen molar-refractivity contribution in [1.82, 2.24) is 18.8 Å². The molecule has 1 aliphatic carbocycles. The van der Waals surface area contributed by atoms with Crippen LogP contribution in [0.2, 0.25) is 0 Å². The van der Waals surface area contributed by atoms with E-state index in [1.54, 1.807) is 42.2 Å². The highest BCUT2D eigenvalue weighted by Crippen LogP contribution is 2.24. The van der Waals surface area contributed by atoms with Gasteiger partial charge in [-0.15, -0.1) is 0 Å². The first kappa shape index (κ1) is 20.5. The first-order valence-electron chi connectivity index (χ1n) is 10.0. The van der Waals surface area contributed by atoms with Crippen LogP contribution in [0.4, 0.5) is 0 Å². The normalized spacial score (nSPS) is 14.2. The fraction of sp³-hybridized carbons (Fsp3) is 0.381. The Balaban J connectivity index is 1.54. The zero-order valence-electron chi connectivity index (χ0n) is 16.8. The summed E-state index contributed by atoms with van der Waals surface area (Å²) in [4.78, 5) is 31.1. The number of hydrogen-bond acceptors (Lipinski definition) is 5. The molecular weight excluding hydrogens is 404 g/mol. The molecule has 0 unspecified atom stereocenters. The second-order valence-electron chi connectivity index (χ2n) is 7.58. The molecule has 0 atom stereocenters. The second-order valence-corrected chi connectivity index (χ2v) is 9.59. The summed E-state index contributed by atoms with van der Waals surface area (Å²) in [6, 6.07) is 6.82. The van der Waals surface area contributed by atoms with Gasteiger partial charge in [0.25, 0.3) is 5.56 Å². The number of pyridine rings is 1. The molecule has 8 nitrogen and oxygen atoms in total. The Kier molecular flexibility index (Phi) is 5.57. The smallest absolute Gasteiger partial charge is 0.297 e. The van der Waals surface area contributed by atoms with Crippen LogP contribution < -0.4 is 11.2 Å². The van der Waals surface area contributed by atoms with Crippen molar-refractivity contribution in [2.75, 3.05) is 13.6 Å². The molecule has 0 bridgehead atoms. The summed E-state index contributed by atoms with van der Waals surface area (Å²) >= 11 is 0. The maximum atomic E-state index is 13.1. The summed E-state index contributed by atoms with van der Waals surface area (Å²) in [5.41, 5.74) is 0.761. The lowest BCUT2D eigenvalue weighted by Crippen LogP contribution is -2.37. The Hall–Kier alpha value is -2.78. The summed E-state index contributed by atoms with van der Waals surface area (Å²) in [6.45, 7) is 0.613. The molecule has 0 fully saturated rings. The summed E-state index contributed by atoms with van der Waals surface area (Å²) in [6.07, 6.45) is 6.94. The van der Waals surface area contributed by atoms with Crippen molar-refractivity contribution in [1.29, 1.82) is 0 Å². The molecule has 0 spiro atoms. The van der Waals surface area contributed by atoms with E-state index in [2.05, 4.69) is 9.97 Å². The van der Waals surface area contributed by atoms with E-state index in [1.165, 1.54) is 4.31 Å². The Labute approximate surface area is 174 Å². The van der Waals surface area contributed by atoms with Gasteiger partial charge in [-0.2, -0.15) is 0 Å². The van der Waals surface area contributed by atoms with Crippen LogP contribution in [0, 0.1) is 0 Å². The Bertz CT molecular complexity index is 1310. The van der Waals surface area contributed by atoms with Crippen LogP contribution in [0.25, 0.3) is 10.8 Å². The van der Waals surface area contributed by atoms with Crippen molar-refractivity contribution in [3.63, 3.8) is 0 Å². The maximum Gasteiger partial charge on any atom is 0.328 e. The predicted octanol–water partition coefficient (Wildman–Crippen LogP) is 1.67. The number of benzene rings is 1. The summed E-state index contributed by atoms with van der Waals surface area (Å²) in [7, 11) is -2.15. The van der Waals surface area contributed by atoms with Crippen LogP contribution in [0.15, 0.2) is 51.1 Å². The van der Waals surface area contributed by atoms with Crippen molar-refractivity contribution in [2.45, 2.75) is 43.5 Å². The first-order valence-corrected chi connectivity index (χ1v) is 11.5. The number of fused-ring (bicyclic) bond motifs is 2. The standard InChI is InChI=1S/C21H24N4O4S/c1-24(30(28,29)19-9-4-6-15-14-22-11-10-16(15)19)12-5-13-25-18-8-3-2-7-17(18)20(26)23-21(25)27/h4,6,9-11,14H,2-3,5,7-8,12-13H2,1H3,(H,23,26,27). The van der Waals surface area contributed by atoms with Crippen molar-refractivity contribution in [2.24, 2.45) is 0 Å². The van der Waals surface area contributed by atoms with E-state index in [0.717, 1.165) is 23.9 Å². The fourth-order valence-electron chi connectivity index (χ4n) is 4.09. The van der Waals surface area contributed by atoms with Gasteiger partial charge in [0.2, 0.25) is 10.0 Å². The highest BCUT2D eigenvalue weighted by atomic mass is 32.2. The fourth-order valence-corrected chi connectivity index (χ4v) is 5.51. The summed E-state index contributed by atoms with van der Waals surface area (Å²) in [5, 5.41) is 1.39. The average Bonchev–Trinajstić information content (AvgIpc) is 2.75. The SMILES string of the molecule is CN(CCCn1c2c(c(=O)[nH]c1=O)CCCC2)S(=O)(=O)c1cccc2cnccc12. The van der Waals surface area contributed by atoms with E-state index in [1.807, 2.05) is 6.07 Å². The van der Waals surface area contributed by atoms with Crippen LogP contribution in [0.1, 0.15) is 30.5 Å². The maximum absolute atomic E-state index is 13.1. The molecule has 0 aliphatic heterocycles. The third kappa shape index (κ3) is 3.70. The molecule has 2 aromatic heterocycles. The third-order valence-corrected chi connectivity index (χ3v) is 7.60. The van der Waals surface area contributed by atoms with Gasteiger partial charge in [0.1, 0.15) is 0 Å². The molecule has 158 valence electrons. The van der Waals surface area contributed by atoms with Crippen LogP contribution in [-0.2, 0) is 29.4 Å². The van der Waals surface area contributed by atoms with E-state index >= 15 is 0 Å². The molecule has 1 N–H and O–H groups in total.